The van der Waals surface area contributed by atoms with E-state index < -0.39 is 36.3 Å². The number of rotatable bonds is 4. The van der Waals surface area contributed by atoms with Crippen molar-refractivity contribution < 1.29 is 15.1 Å². The highest BCUT2D eigenvalue weighted by Crippen LogP contribution is 2.43. The second-order valence-electron chi connectivity index (χ2n) is 9.99. The van der Waals surface area contributed by atoms with Crippen LogP contribution in [0.15, 0.2) is 139 Å². The SMILES string of the molecule is [2H]c1c([2H])c([2H])c(-c2nc(-c3ccccc3)nc(-c3c([2H])c([2H])c4c(sc5c(-c6ccc7sc8ccccc8c7c6)c([2H])c([2H])c([2H])c54)c3[2H])n2)c([2H])c1[2H]. The highest BCUT2D eigenvalue weighted by molar-refractivity contribution is 7.26. The maximum Gasteiger partial charge on any atom is 0.164 e. The van der Waals surface area contributed by atoms with E-state index in [9.17, 15) is 4.11 Å². The number of benzene rings is 6. The zero-order valence-electron chi connectivity index (χ0n) is 33.6. The number of fused-ring (bicyclic) bond motifs is 6. The van der Waals surface area contributed by atoms with Crippen molar-refractivity contribution in [2.45, 2.75) is 0 Å². The van der Waals surface area contributed by atoms with Gasteiger partial charge in [-0.25, -0.2) is 15.0 Å². The quantitative estimate of drug-likeness (QED) is 0.199. The van der Waals surface area contributed by atoms with Crippen LogP contribution >= 0.6 is 22.7 Å². The average Bonchev–Trinajstić information content (AvgIpc) is 3.78. The molecule has 0 spiro atoms. The van der Waals surface area contributed by atoms with Crippen molar-refractivity contribution in [2.75, 3.05) is 0 Å². The lowest BCUT2D eigenvalue weighted by molar-refractivity contribution is 1.07. The van der Waals surface area contributed by atoms with Crippen LogP contribution < -0.4 is 0 Å². The predicted molar refractivity (Wildman–Crippen MR) is 187 cm³/mol. The van der Waals surface area contributed by atoms with Crippen LogP contribution in [-0.2, 0) is 0 Å². The van der Waals surface area contributed by atoms with Crippen LogP contribution in [0, 0.1) is 0 Å². The molecule has 0 amide bonds. The van der Waals surface area contributed by atoms with Gasteiger partial charge in [-0.05, 0) is 35.4 Å². The van der Waals surface area contributed by atoms with E-state index in [4.69, 9.17) is 11.0 Å². The lowest BCUT2D eigenvalue weighted by Crippen LogP contribution is -1.99. The Balaban J connectivity index is 1.34. The molecule has 0 saturated heterocycles. The molecular formula is C39H23N3S2. The number of thiophene rings is 2. The normalized spacial score (nSPS) is 15.1. The molecule has 44 heavy (non-hydrogen) atoms. The molecule has 9 aromatic rings. The molecule has 0 fully saturated rings. The molecule has 3 heterocycles. The lowest BCUT2D eigenvalue weighted by Gasteiger charge is -2.08. The molecule has 3 aromatic heterocycles. The first kappa shape index (κ1) is 16.6. The Bertz CT molecular complexity index is 3100. The number of hydrogen-bond acceptors (Lipinski definition) is 5. The predicted octanol–water partition coefficient (Wildman–Crippen LogP) is 11.3. The van der Waals surface area contributed by atoms with Gasteiger partial charge in [0.15, 0.2) is 17.5 Å². The van der Waals surface area contributed by atoms with Crippen molar-refractivity contribution in [3.63, 3.8) is 0 Å². The highest BCUT2D eigenvalue weighted by atomic mass is 32.1. The summed E-state index contributed by atoms with van der Waals surface area (Å²) in [7, 11) is 0. The molecule has 0 radical (unpaired) electrons. The summed E-state index contributed by atoms with van der Waals surface area (Å²) in [6.45, 7) is 0. The summed E-state index contributed by atoms with van der Waals surface area (Å²) in [6.07, 6.45) is 0. The molecule has 9 rings (SSSR count). The fourth-order valence-electron chi connectivity index (χ4n) is 5.29. The monoisotopic (exact) mass is 608 g/mol. The van der Waals surface area contributed by atoms with E-state index in [1.165, 1.54) is 0 Å². The third-order valence-electron chi connectivity index (χ3n) is 7.34. The molecule has 0 saturated carbocycles. The first-order valence-corrected chi connectivity index (χ1v) is 15.3. The Hall–Kier alpha value is -5.23. The molecule has 0 bridgehead atoms. The van der Waals surface area contributed by atoms with E-state index in [0.29, 0.717) is 21.4 Å². The van der Waals surface area contributed by atoms with Crippen molar-refractivity contribution in [3.8, 4) is 45.3 Å². The fourth-order valence-corrected chi connectivity index (χ4v) is 7.52. The molecular weight excluding hydrogens is 575 g/mol. The van der Waals surface area contributed by atoms with Gasteiger partial charge in [-0.15, -0.1) is 22.7 Å². The topological polar surface area (TPSA) is 38.7 Å². The maximum atomic E-state index is 9.50. The van der Waals surface area contributed by atoms with Gasteiger partial charge in [0.1, 0.15) is 0 Å². The van der Waals surface area contributed by atoms with E-state index in [-0.39, 0.29) is 74.3 Å². The van der Waals surface area contributed by atoms with Gasteiger partial charge in [0.2, 0.25) is 0 Å². The van der Waals surface area contributed by atoms with Gasteiger partial charge < -0.3 is 0 Å². The fraction of sp³-hybridized carbons (Fsp3) is 0. The van der Waals surface area contributed by atoms with Gasteiger partial charge in [0.25, 0.3) is 0 Å². The third kappa shape index (κ3) is 4.21. The van der Waals surface area contributed by atoms with Crippen molar-refractivity contribution in [1.82, 2.24) is 15.0 Å². The van der Waals surface area contributed by atoms with Gasteiger partial charge in [-0.2, -0.15) is 0 Å². The Kier molecular flexibility index (Phi) is 3.84. The van der Waals surface area contributed by atoms with Gasteiger partial charge >= 0.3 is 0 Å². The Morgan fingerprint density at radius 3 is 2.07 bits per heavy atom. The molecule has 5 heteroatoms. The average molecular weight is 609 g/mol. The molecule has 3 nitrogen and oxygen atoms in total. The van der Waals surface area contributed by atoms with E-state index >= 15 is 0 Å². The van der Waals surface area contributed by atoms with E-state index in [1.54, 1.807) is 41.7 Å². The van der Waals surface area contributed by atoms with Crippen LogP contribution in [0.25, 0.3) is 85.6 Å². The highest BCUT2D eigenvalue weighted by Gasteiger charge is 2.16. The van der Waals surface area contributed by atoms with E-state index in [0.717, 1.165) is 31.5 Å². The van der Waals surface area contributed by atoms with Crippen LogP contribution in [-0.4, -0.2) is 15.0 Å². The molecule has 206 valence electrons. The summed E-state index contributed by atoms with van der Waals surface area (Å²) >= 11 is 2.73. The minimum absolute atomic E-state index is 0.0546. The molecule has 0 N–H and O–H groups in total. The minimum Gasteiger partial charge on any atom is -0.208 e. The summed E-state index contributed by atoms with van der Waals surface area (Å²) in [5, 5.41) is 2.35. The summed E-state index contributed by atoms with van der Waals surface area (Å²) < 4.78 is 99.4. The second kappa shape index (κ2) is 10.2. The van der Waals surface area contributed by atoms with Crippen LogP contribution in [0.4, 0.5) is 0 Å². The van der Waals surface area contributed by atoms with Gasteiger partial charge in [0, 0.05) is 57.0 Å². The molecule has 0 unspecified atom stereocenters. The zero-order valence-corrected chi connectivity index (χ0v) is 24.2. The molecule has 0 aliphatic rings. The molecule has 0 aliphatic carbocycles. The second-order valence-corrected chi connectivity index (χ2v) is 12.1. The van der Waals surface area contributed by atoms with Crippen molar-refractivity contribution in [2.24, 2.45) is 0 Å². The zero-order chi connectivity index (χ0) is 38.6. The lowest BCUT2D eigenvalue weighted by atomic mass is 10.0. The Labute approximate surface area is 277 Å². The Morgan fingerprint density at radius 1 is 0.455 bits per heavy atom. The molecule has 0 atom stereocenters. The standard InChI is InChI=1S/C39H23N3S2/c1-3-10-24(11-4-1)37-40-38(25-12-5-2-6-13-25)42-39(41-37)27-18-20-30-31-16-9-15-28(36(31)44-35(30)23-27)26-19-21-34-32(22-26)29-14-7-8-17-33(29)43-34/h1-23H/i1D,3D,4D,9D,10D,11D,15D,16D,18D,20D,23D. The van der Waals surface area contributed by atoms with E-state index in [1.807, 2.05) is 42.5 Å². The number of nitrogens with zero attached hydrogens (tertiary/aromatic N) is 3. The number of hydrogen-bond donors (Lipinski definition) is 0. The van der Waals surface area contributed by atoms with Gasteiger partial charge in [-0.1, -0.05) is 115 Å². The van der Waals surface area contributed by atoms with Crippen LogP contribution in [0.1, 0.15) is 15.1 Å². The smallest absolute Gasteiger partial charge is 0.164 e. The molecule has 0 aliphatic heterocycles. The summed E-state index contributed by atoms with van der Waals surface area (Å²) in [5.74, 6) is -0.437. The van der Waals surface area contributed by atoms with Crippen molar-refractivity contribution in [1.29, 1.82) is 0 Å². The number of aromatic nitrogens is 3. The first-order valence-electron chi connectivity index (χ1n) is 19.1. The van der Waals surface area contributed by atoms with Crippen LogP contribution in [0.2, 0.25) is 0 Å². The third-order valence-corrected chi connectivity index (χ3v) is 9.62. The van der Waals surface area contributed by atoms with Crippen LogP contribution in [0.3, 0.4) is 0 Å². The summed E-state index contributed by atoms with van der Waals surface area (Å²) in [5.41, 5.74) is 1.08. The van der Waals surface area contributed by atoms with E-state index in [2.05, 4.69) is 15.0 Å². The largest absolute Gasteiger partial charge is 0.208 e. The van der Waals surface area contributed by atoms with Crippen molar-refractivity contribution in [3.05, 3.63) is 139 Å². The Morgan fingerprint density at radius 2 is 1.20 bits per heavy atom. The maximum absolute atomic E-state index is 9.50. The molecule has 6 aromatic carbocycles. The van der Waals surface area contributed by atoms with Gasteiger partial charge in [0.05, 0.1) is 15.1 Å². The van der Waals surface area contributed by atoms with Gasteiger partial charge in [-0.3, -0.25) is 0 Å². The summed E-state index contributed by atoms with van der Waals surface area (Å²) in [6, 6.07) is 17.9. The summed E-state index contributed by atoms with van der Waals surface area (Å²) in [4.78, 5) is 13.6. The van der Waals surface area contributed by atoms with Crippen molar-refractivity contribution >= 4 is 63.0 Å². The van der Waals surface area contributed by atoms with Crippen LogP contribution in [0.5, 0.6) is 0 Å². The minimum atomic E-state index is -0.587. The first-order chi connectivity index (χ1) is 26.4.